The van der Waals surface area contributed by atoms with E-state index in [1.165, 1.54) is 28.7 Å². The van der Waals surface area contributed by atoms with Crippen LogP contribution in [-0.2, 0) is 0 Å². The van der Waals surface area contributed by atoms with E-state index >= 15 is 0 Å². The van der Waals surface area contributed by atoms with Crippen LogP contribution >= 0.6 is 34.7 Å². The summed E-state index contributed by atoms with van der Waals surface area (Å²) in [4.78, 5) is 15.5. The molecule has 0 saturated heterocycles. The van der Waals surface area contributed by atoms with Gasteiger partial charge < -0.3 is 5.32 Å². The minimum Gasteiger partial charge on any atom is -0.345 e. The van der Waals surface area contributed by atoms with E-state index in [9.17, 15) is 4.79 Å². The van der Waals surface area contributed by atoms with Crippen molar-refractivity contribution in [2.24, 2.45) is 0 Å². The molecule has 0 saturated carbocycles. The van der Waals surface area contributed by atoms with Gasteiger partial charge in [-0.15, -0.1) is 0 Å². The number of aryl methyl sites for hydroxylation is 1. The minimum atomic E-state index is -0.541. The number of nitrogens with one attached hydrogen (secondary N) is 1. The van der Waals surface area contributed by atoms with Crippen molar-refractivity contribution >= 4 is 50.6 Å². The Morgan fingerprint density at radius 1 is 1.39 bits per heavy atom. The zero-order valence-corrected chi connectivity index (χ0v) is 12.2. The van der Waals surface area contributed by atoms with Crippen LogP contribution in [0.2, 0.25) is 0 Å². The van der Waals surface area contributed by atoms with Gasteiger partial charge in [-0.3, -0.25) is 4.79 Å². The van der Waals surface area contributed by atoms with Gasteiger partial charge >= 0.3 is 0 Å². The van der Waals surface area contributed by atoms with Gasteiger partial charge in [0.1, 0.15) is 5.00 Å². The molecule has 0 amide bonds. The van der Waals surface area contributed by atoms with Gasteiger partial charge in [0, 0.05) is 5.69 Å². The van der Waals surface area contributed by atoms with E-state index in [0.717, 1.165) is 10.0 Å². The molecule has 0 unspecified atom stereocenters. The summed E-state index contributed by atoms with van der Waals surface area (Å²) in [5.41, 5.74) is 2.38. The maximum absolute atomic E-state index is 11.3. The molecular formula is C12H11ClN2OS2. The summed E-state index contributed by atoms with van der Waals surface area (Å²) < 4.78 is 0.814. The highest BCUT2D eigenvalue weighted by Gasteiger charge is 2.16. The number of hydrogen-bond acceptors (Lipinski definition) is 5. The fraction of sp³-hybridized carbons (Fsp3) is 0.167. The van der Waals surface area contributed by atoms with E-state index in [-0.39, 0.29) is 5.69 Å². The lowest BCUT2D eigenvalue weighted by atomic mass is 10.2. The van der Waals surface area contributed by atoms with Crippen molar-refractivity contribution in [3.05, 3.63) is 35.5 Å². The topological polar surface area (TPSA) is 42.0 Å². The summed E-state index contributed by atoms with van der Waals surface area (Å²) in [6.07, 6.45) is 1.91. The number of rotatable bonds is 4. The van der Waals surface area contributed by atoms with Gasteiger partial charge in [0.2, 0.25) is 0 Å². The molecule has 0 bridgehead atoms. The predicted octanol–water partition coefficient (Wildman–Crippen LogP) is 4.30. The lowest BCUT2D eigenvalue weighted by Gasteiger charge is -2.04. The van der Waals surface area contributed by atoms with Gasteiger partial charge in [-0.05, 0) is 36.9 Å². The molecule has 18 heavy (non-hydrogen) atoms. The Morgan fingerprint density at radius 3 is 2.61 bits per heavy atom. The normalized spacial score (nSPS) is 10.4. The van der Waals surface area contributed by atoms with E-state index in [2.05, 4.69) is 10.3 Å². The molecular weight excluding hydrogens is 288 g/mol. The van der Waals surface area contributed by atoms with Crippen LogP contribution in [0, 0.1) is 6.92 Å². The molecule has 0 atom stereocenters. The first-order chi connectivity index (χ1) is 8.60. The van der Waals surface area contributed by atoms with E-state index in [1.807, 2.05) is 37.4 Å². The van der Waals surface area contributed by atoms with Gasteiger partial charge in [0.25, 0.3) is 5.24 Å². The largest absolute Gasteiger partial charge is 0.345 e. The average molecular weight is 299 g/mol. The van der Waals surface area contributed by atoms with Crippen LogP contribution in [0.15, 0.2) is 28.6 Å². The summed E-state index contributed by atoms with van der Waals surface area (Å²) >= 11 is 8.44. The number of nitrogens with zero attached hydrogens (tertiary/aromatic N) is 1. The van der Waals surface area contributed by atoms with Crippen LogP contribution in [0.1, 0.15) is 16.1 Å². The maximum Gasteiger partial charge on any atom is 0.273 e. The third-order valence-electron chi connectivity index (χ3n) is 2.28. The van der Waals surface area contributed by atoms with E-state index in [1.54, 1.807) is 0 Å². The lowest BCUT2D eigenvalue weighted by molar-refractivity contribution is 0.107. The molecule has 0 aliphatic heterocycles. The molecule has 0 spiro atoms. The second kappa shape index (κ2) is 5.73. The van der Waals surface area contributed by atoms with Gasteiger partial charge in [0.05, 0.1) is 0 Å². The van der Waals surface area contributed by atoms with Crippen molar-refractivity contribution in [3.63, 3.8) is 0 Å². The van der Waals surface area contributed by atoms with Crippen molar-refractivity contribution in [3.8, 4) is 0 Å². The molecule has 3 nitrogen and oxygen atoms in total. The number of hydrogen-bond donors (Lipinski definition) is 1. The van der Waals surface area contributed by atoms with Crippen molar-refractivity contribution in [1.29, 1.82) is 0 Å². The highest BCUT2D eigenvalue weighted by molar-refractivity contribution is 8.00. The Morgan fingerprint density at radius 2 is 2.06 bits per heavy atom. The zero-order chi connectivity index (χ0) is 13.1. The summed E-state index contributed by atoms with van der Waals surface area (Å²) in [5, 5.41) is 3.32. The quantitative estimate of drug-likeness (QED) is 0.675. The molecule has 94 valence electrons. The van der Waals surface area contributed by atoms with Crippen molar-refractivity contribution in [1.82, 2.24) is 4.98 Å². The number of halogens is 1. The Kier molecular flexibility index (Phi) is 4.27. The van der Waals surface area contributed by atoms with Gasteiger partial charge in [0.15, 0.2) is 10.0 Å². The monoisotopic (exact) mass is 298 g/mol. The highest BCUT2D eigenvalue weighted by atomic mass is 35.5. The van der Waals surface area contributed by atoms with Crippen molar-refractivity contribution in [2.45, 2.75) is 11.3 Å². The van der Waals surface area contributed by atoms with Gasteiger partial charge in [-0.25, -0.2) is 4.98 Å². The smallest absolute Gasteiger partial charge is 0.273 e. The molecule has 2 aromatic rings. The second-order valence-electron chi connectivity index (χ2n) is 3.63. The highest BCUT2D eigenvalue weighted by Crippen LogP contribution is 2.33. The summed E-state index contributed by atoms with van der Waals surface area (Å²) in [6.45, 7) is 2.02. The Hall–Kier alpha value is -1.04. The number of benzene rings is 1. The average Bonchev–Trinajstić information content (AvgIpc) is 2.75. The standard InChI is InChI=1S/C12H11ClN2OS2/c1-7-3-5-8(6-4-7)14-11-9(10(13)16)15-12(17-2)18-11/h3-6,14H,1-2H3. The molecule has 1 aromatic heterocycles. The first kappa shape index (κ1) is 13.4. The number of anilines is 2. The van der Waals surface area contributed by atoms with E-state index in [0.29, 0.717) is 5.00 Å². The number of carbonyl (C=O) groups is 1. The molecule has 0 aliphatic rings. The Labute approximate surface area is 119 Å². The molecule has 1 heterocycles. The number of aromatic nitrogens is 1. The molecule has 6 heteroatoms. The summed E-state index contributed by atoms with van der Waals surface area (Å²) in [5.74, 6) is 0. The lowest BCUT2D eigenvalue weighted by Crippen LogP contribution is -1.96. The third-order valence-corrected chi connectivity index (χ3v) is 4.41. The maximum atomic E-state index is 11.3. The summed E-state index contributed by atoms with van der Waals surface area (Å²) in [7, 11) is 0. The molecule has 0 radical (unpaired) electrons. The van der Waals surface area contributed by atoms with Crippen LogP contribution in [0.25, 0.3) is 0 Å². The number of thioether (sulfide) groups is 1. The van der Waals surface area contributed by atoms with Crippen LogP contribution in [-0.4, -0.2) is 16.5 Å². The SMILES string of the molecule is CSc1nc(C(=O)Cl)c(Nc2ccc(C)cc2)s1. The number of carbonyl (C=O) groups excluding carboxylic acids is 1. The first-order valence-corrected chi connectivity index (χ1v) is 7.60. The second-order valence-corrected chi connectivity index (χ2v) is 6.02. The zero-order valence-electron chi connectivity index (χ0n) is 9.86. The third kappa shape index (κ3) is 3.04. The fourth-order valence-electron chi connectivity index (χ4n) is 1.37. The van der Waals surface area contributed by atoms with Crippen LogP contribution in [0.4, 0.5) is 10.7 Å². The fourth-order valence-corrected chi connectivity index (χ4v) is 3.05. The minimum absolute atomic E-state index is 0.284. The molecule has 0 fully saturated rings. The predicted molar refractivity (Wildman–Crippen MR) is 78.5 cm³/mol. The Balaban J connectivity index is 2.30. The van der Waals surface area contributed by atoms with E-state index in [4.69, 9.17) is 11.6 Å². The van der Waals surface area contributed by atoms with Gasteiger partial charge in [-0.1, -0.05) is 40.8 Å². The molecule has 0 aliphatic carbocycles. The van der Waals surface area contributed by atoms with E-state index < -0.39 is 5.24 Å². The van der Waals surface area contributed by atoms with Crippen LogP contribution < -0.4 is 5.32 Å². The molecule has 1 N–H and O–H groups in total. The van der Waals surface area contributed by atoms with Gasteiger partial charge in [-0.2, -0.15) is 0 Å². The first-order valence-electron chi connectivity index (χ1n) is 5.18. The van der Waals surface area contributed by atoms with Crippen molar-refractivity contribution < 1.29 is 4.79 Å². The summed E-state index contributed by atoms with van der Waals surface area (Å²) in [6, 6.07) is 7.91. The molecule has 2 rings (SSSR count). The Bertz CT molecular complexity index is 566. The number of thiazole rings is 1. The van der Waals surface area contributed by atoms with Crippen molar-refractivity contribution in [2.75, 3.05) is 11.6 Å². The van der Waals surface area contributed by atoms with Crippen LogP contribution in [0.3, 0.4) is 0 Å². The van der Waals surface area contributed by atoms with Crippen LogP contribution in [0.5, 0.6) is 0 Å². The molecule has 1 aromatic carbocycles.